The molecule has 3 atom stereocenters. The van der Waals surface area contributed by atoms with Crippen LogP contribution in [0.2, 0.25) is 5.02 Å². The van der Waals surface area contributed by atoms with Crippen molar-refractivity contribution in [1.82, 2.24) is 0 Å². The summed E-state index contributed by atoms with van der Waals surface area (Å²) in [6, 6.07) is 26.9. The summed E-state index contributed by atoms with van der Waals surface area (Å²) in [5.41, 5.74) is 2.73. The van der Waals surface area contributed by atoms with Crippen molar-refractivity contribution in [2.45, 2.75) is 24.7 Å². The molecule has 1 fully saturated rings. The standard InChI is InChI=1S/C25H21ClO2/c26-20-13-11-18(12-14-20)23-16-21(27)15-22(17-7-3-1-4-8-17)24(23)25(28)19-9-5-2-6-10-19/h1-14,22-24H,15-16H2. The van der Waals surface area contributed by atoms with Crippen LogP contribution in [0.15, 0.2) is 84.9 Å². The third-order valence-corrected chi connectivity index (χ3v) is 5.90. The second-order valence-corrected chi connectivity index (χ2v) is 7.81. The Morgan fingerprint density at radius 1 is 0.714 bits per heavy atom. The van der Waals surface area contributed by atoms with Crippen molar-refractivity contribution in [3.8, 4) is 0 Å². The minimum Gasteiger partial charge on any atom is -0.300 e. The van der Waals surface area contributed by atoms with Crippen LogP contribution in [0.3, 0.4) is 0 Å². The van der Waals surface area contributed by atoms with E-state index in [1.165, 1.54) is 0 Å². The summed E-state index contributed by atoms with van der Waals surface area (Å²) < 4.78 is 0. The van der Waals surface area contributed by atoms with Gasteiger partial charge in [0.1, 0.15) is 5.78 Å². The van der Waals surface area contributed by atoms with Gasteiger partial charge in [0.05, 0.1) is 0 Å². The van der Waals surface area contributed by atoms with Crippen molar-refractivity contribution in [1.29, 1.82) is 0 Å². The Morgan fingerprint density at radius 3 is 1.79 bits per heavy atom. The monoisotopic (exact) mass is 388 g/mol. The van der Waals surface area contributed by atoms with Crippen molar-refractivity contribution in [3.63, 3.8) is 0 Å². The SMILES string of the molecule is O=C1CC(c2ccccc2)C(C(=O)c2ccccc2)C(c2ccc(Cl)cc2)C1. The fourth-order valence-electron chi connectivity index (χ4n) is 4.33. The van der Waals surface area contributed by atoms with E-state index in [1.807, 2.05) is 84.9 Å². The van der Waals surface area contributed by atoms with E-state index in [2.05, 4.69) is 0 Å². The van der Waals surface area contributed by atoms with Gasteiger partial charge in [0.15, 0.2) is 5.78 Å². The fourth-order valence-corrected chi connectivity index (χ4v) is 4.46. The molecule has 2 nitrogen and oxygen atoms in total. The molecule has 0 N–H and O–H groups in total. The lowest BCUT2D eigenvalue weighted by Crippen LogP contribution is -2.36. The van der Waals surface area contributed by atoms with E-state index in [4.69, 9.17) is 11.6 Å². The maximum atomic E-state index is 13.6. The molecule has 1 saturated carbocycles. The molecule has 0 aromatic heterocycles. The summed E-state index contributed by atoms with van der Waals surface area (Å²) in [6.45, 7) is 0. The van der Waals surface area contributed by atoms with Crippen molar-refractivity contribution < 1.29 is 9.59 Å². The molecule has 0 heterocycles. The lowest BCUT2D eigenvalue weighted by molar-refractivity contribution is -0.121. The smallest absolute Gasteiger partial charge is 0.167 e. The number of halogens is 1. The van der Waals surface area contributed by atoms with Crippen LogP contribution in [0, 0.1) is 5.92 Å². The fraction of sp³-hybridized carbons (Fsp3) is 0.200. The van der Waals surface area contributed by atoms with Gasteiger partial charge in [-0.05, 0) is 23.3 Å². The topological polar surface area (TPSA) is 34.1 Å². The van der Waals surface area contributed by atoms with Gasteiger partial charge in [-0.3, -0.25) is 9.59 Å². The van der Waals surface area contributed by atoms with Crippen LogP contribution >= 0.6 is 11.6 Å². The predicted octanol–water partition coefficient (Wildman–Crippen LogP) is 6.07. The van der Waals surface area contributed by atoms with E-state index in [1.54, 1.807) is 0 Å². The molecule has 1 aliphatic rings. The molecule has 140 valence electrons. The second-order valence-electron chi connectivity index (χ2n) is 7.38. The molecular formula is C25H21ClO2. The average molecular weight is 389 g/mol. The van der Waals surface area contributed by atoms with Crippen molar-refractivity contribution >= 4 is 23.2 Å². The number of carbonyl (C=O) groups is 2. The molecule has 3 unspecified atom stereocenters. The number of hydrogen-bond acceptors (Lipinski definition) is 2. The van der Waals surface area contributed by atoms with Crippen LogP contribution in [0.25, 0.3) is 0 Å². The van der Waals surface area contributed by atoms with E-state index < -0.39 is 0 Å². The van der Waals surface area contributed by atoms with Gasteiger partial charge < -0.3 is 0 Å². The zero-order valence-corrected chi connectivity index (χ0v) is 16.2. The lowest BCUT2D eigenvalue weighted by Gasteiger charge is -2.37. The Labute approximate surface area is 170 Å². The van der Waals surface area contributed by atoms with Crippen molar-refractivity contribution in [2.75, 3.05) is 0 Å². The highest BCUT2D eigenvalue weighted by Crippen LogP contribution is 2.46. The summed E-state index contributed by atoms with van der Waals surface area (Å²) in [5, 5.41) is 0.649. The zero-order valence-electron chi connectivity index (χ0n) is 15.4. The van der Waals surface area contributed by atoms with Gasteiger partial charge in [-0.1, -0.05) is 84.4 Å². The molecule has 4 rings (SSSR count). The molecule has 0 radical (unpaired) electrons. The number of ketones is 2. The molecule has 3 aromatic rings. The number of Topliss-reactive ketones (excluding diaryl/α,β-unsaturated/α-hetero) is 2. The Balaban J connectivity index is 1.81. The van der Waals surface area contributed by atoms with Gasteiger partial charge in [-0.15, -0.1) is 0 Å². The minimum absolute atomic E-state index is 0.0990. The molecule has 0 aliphatic heterocycles. The minimum atomic E-state index is -0.288. The van der Waals surface area contributed by atoms with Crippen LogP contribution in [-0.4, -0.2) is 11.6 Å². The second kappa shape index (κ2) is 8.12. The van der Waals surface area contributed by atoms with Gasteiger partial charge in [0, 0.05) is 41.2 Å². The van der Waals surface area contributed by atoms with Gasteiger partial charge in [0.25, 0.3) is 0 Å². The van der Waals surface area contributed by atoms with Crippen molar-refractivity contribution in [3.05, 3.63) is 107 Å². The van der Waals surface area contributed by atoms with E-state index in [0.29, 0.717) is 23.4 Å². The van der Waals surface area contributed by atoms with E-state index in [9.17, 15) is 9.59 Å². The largest absolute Gasteiger partial charge is 0.300 e. The summed E-state index contributed by atoms with van der Waals surface area (Å²) in [7, 11) is 0. The maximum absolute atomic E-state index is 13.6. The van der Waals surface area contributed by atoms with Crippen LogP contribution in [0.4, 0.5) is 0 Å². The Bertz CT molecular complexity index is 964. The van der Waals surface area contributed by atoms with Gasteiger partial charge in [0.2, 0.25) is 0 Å². The first-order valence-electron chi connectivity index (χ1n) is 9.55. The van der Waals surface area contributed by atoms with Crippen molar-refractivity contribution in [2.24, 2.45) is 5.92 Å². The summed E-state index contributed by atoms with van der Waals surface area (Å²) in [5.74, 6) is -0.274. The van der Waals surface area contributed by atoms with Crippen LogP contribution < -0.4 is 0 Å². The van der Waals surface area contributed by atoms with E-state index in [0.717, 1.165) is 11.1 Å². The highest BCUT2D eigenvalue weighted by molar-refractivity contribution is 6.30. The quantitative estimate of drug-likeness (QED) is 0.508. The third-order valence-electron chi connectivity index (χ3n) is 5.65. The third kappa shape index (κ3) is 3.79. The molecule has 0 bridgehead atoms. The molecule has 0 amide bonds. The number of hydrogen-bond donors (Lipinski definition) is 0. The number of benzene rings is 3. The Morgan fingerprint density at radius 2 is 1.21 bits per heavy atom. The number of carbonyl (C=O) groups excluding carboxylic acids is 2. The van der Waals surface area contributed by atoms with Crippen LogP contribution in [0.1, 0.15) is 46.2 Å². The molecule has 3 aromatic carbocycles. The van der Waals surface area contributed by atoms with E-state index >= 15 is 0 Å². The normalized spacial score (nSPS) is 22.0. The molecule has 0 saturated heterocycles. The van der Waals surface area contributed by atoms with Crippen LogP contribution in [-0.2, 0) is 4.79 Å². The highest BCUT2D eigenvalue weighted by atomic mass is 35.5. The summed E-state index contributed by atoms with van der Waals surface area (Å²) >= 11 is 6.06. The molecule has 1 aliphatic carbocycles. The predicted molar refractivity (Wildman–Crippen MR) is 112 cm³/mol. The molecule has 28 heavy (non-hydrogen) atoms. The maximum Gasteiger partial charge on any atom is 0.167 e. The Kier molecular flexibility index (Phi) is 5.40. The molecule has 3 heteroatoms. The van der Waals surface area contributed by atoms with Gasteiger partial charge in [-0.25, -0.2) is 0 Å². The first kappa shape index (κ1) is 18.6. The first-order chi connectivity index (χ1) is 13.6. The molecular weight excluding hydrogens is 368 g/mol. The average Bonchev–Trinajstić information content (AvgIpc) is 2.74. The van der Waals surface area contributed by atoms with Gasteiger partial charge in [-0.2, -0.15) is 0 Å². The van der Waals surface area contributed by atoms with E-state index in [-0.39, 0.29) is 29.3 Å². The summed E-state index contributed by atoms with van der Waals surface area (Å²) in [6.07, 6.45) is 0.783. The zero-order chi connectivity index (χ0) is 19.5. The van der Waals surface area contributed by atoms with Crippen LogP contribution in [0.5, 0.6) is 0 Å². The number of rotatable bonds is 4. The lowest BCUT2D eigenvalue weighted by atomic mass is 9.64. The first-order valence-corrected chi connectivity index (χ1v) is 9.92. The Hall–Kier alpha value is -2.71. The molecule has 0 spiro atoms. The van der Waals surface area contributed by atoms with Gasteiger partial charge >= 0.3 is 0 Å². The summed E-state index contributed by atoms with van der Waals surface area (Å²) in [4.78, 5) is 26.3. The highest BCUT2D eigenvalue weighted by Gasteiger charge is 2.42.